The van der Waals surface area contributed by atoms with E-state index in [1.165, 1.54) is 5.56 Å². The van der Waals surface area contributed by atoms with Crippen LogP contribution < -0.4 is 0 Å². The predicted molar refractivity (Wildman–Crippen MR) is 81.7 cm³/mol. The Bertz CT molecular complexity index is 294. The summed E-state index contributed by atoms with van der Waals surface area (Å²) in [5.41, 5.74) is 1.28. The third kappa shape index (κ3) is 8.43. The van der Waals surface area contributed by atoms with Gasteiger partial charge in [0.1, 0.15) is 0 Å². The second-order valence-corrected chi connectivity index (χ2v) is 4.61. The van der Waals surface area contributed by atoms with Crippen LogP contribution in [0, 0.1) is 0 Å². The summed E-state index contributed by atoms with van der Waals surface area (Å²) in [6.45, 7) is 10.7. The van der Waals surface area contributed by atoms with Gasteiger partial charge in [-0.3, -0.25) is 4.21 Å². The highest BCUT2D eigenvalue weighted by Gasteiger charge is 2.02. The number of ether oxygens (including phenoxy) is 1. The SMILES string of the molecule is CC.CC.CCc1ccc(S(=O)CCOC)cc1. The summed E-state index contributed by atoms with van der Waals surface area (Å²) in [5, 5.41) is 0. The highest BCUT2D eigenvalue weighted by molar-refractivity contribution is 7.85. The van der Waals surface area contributed by atoms with Gasteiger partial charge in [-0.05, 0) is 24.1 Å². The molecule has 0 fully saturated rings. The molecule has 0 aliphatic carbocycles. The molecule has 0 aromatic heterocycles. The van der Waals surface area contributed by atoms with Gasteiger partial charge in [-0.25, -0.2) is 0 Å². The highest BCUT2D eigenvalue weighted by Crippen LogP contribution is 2.09. The van der Waals surface area contributed by atoms with E-state index in [-0.39, 0.29) is 0 Å². The Kier molecular flexibility index (Phi) is 15.7. The van der Waals surface area contributed by atoms with Crippen LogP contribution in [-0.2, 0) is 22.0 Å². The maximum atomic E-state index is 11.6. The minimum absolute atomic E-state index is 0.544. The molecule has 1 atom stereocenters. The van der Waals surface area contributed by atoms with Crippen molar-refractivity contribution in [2.24, 2.45) is 0 Å². The third-order valence-electron chi connectivity index (χ3n) is 2.07. The van der Waals surface area contributed by atoms with E-state index < -0.39 is 10.8 Å². The number of benzene rings is 1. The first kappa shape index (κ1) is 19.7. The maximum absolute atomic E-state index is 11.6. The summed E-state index contributed by atoms with van der Waals surface area (Å²) in [4.78, 5) is 0.888. The predicted octanol–water partition coefficient (Wildman–Crippen LogP) is 4.06. The van der Waals surface area contributed by atoms with E-state index in [0.29, 0.717) is 12.4 Å². The van der Waals surface area contributed by atoms with Gasteiger partial charge >= 0.3 is 0 Å². The van der Waals surface area contributed by atoms with Gasteiger partial charge in [-0.2, -0.15) is 0 Å². The Hall–Kier alpha value is -0.670. The van der Waals surface area contributed by atoms with E-state index in [1.807, 2.05) is 52.0 Å². The average Bonchev–Trinajstić information content (AvgIpc) is 2.49. The molecule has 1 aromatic rings. The van der Waals surface area contributed by atoms with Crippen LogP contribution in [0.3, 0.4) is 0 Å². The molecule has 3 heteroatoms. The zero-order valence-electron chi connectivity index (χ0n) is 12.7. The molecular formula is C15H28O2S. The van der Waals surface area contributed by atoms with Gasteiger partial charge in [-0.15, -0.1) is 0 Å². The molecular weight excluding hydrogens is 244 g/mol. The fraction of sp³-hybridized carbons (Fsp3) is 0.600. The van der Waals surface area contributed by atoms with Crippen molar-refractivity contribution in [3.8, 4) is 0 Å². The first-order chi connectivity index (χ1) is 8.77. The van der Waals surface area contributed by atoms with Crippen molar-refractivity contribution in [1.82, 2.24) is 0 Å². The van der Waals surface area contributed by atoms with Crippen LogP contribution in [0.1, 0.15) is 40.2 Å². The zero-order valence-corrected chi connectivity index (χ0v) is 13.5. The molecule has 1 unspecified atom stereocenters. The fourth-order valence-electron chi connectivity index (χ4n) is 1.15. The standard InChI is InChI=1S/C11H16O2S.2C2H6/c1-3-10-4-6-11(7-5-10)14(12)9-8-13-2;2*1-2/h4-7H,3,8-9H2,1-2H3;2*1-2H3. The average molecular weight is 272 g/mol. The lowest BCUT2D eigenvalue weighted by Crippen LogP contribution is -2.04. The van der Waals surface area contributed by atoms with E-state index in [0.717, 1.165) is 11.3 Å². The molecule has 2 nitrogen and oxygen atoms in total. The van der Waals surface area contributed by atoms with Crippen molar-refractivity contribution < 1.29 is 8.95 Å². The molecule has 18 heavy (non-hydrogen) atoms. The van der Waals surface area contributed by atoms with E-state index >= 15 is 0 Å². The Labute approximate surface area is 115 Å². The summed E-state index contributed by atoms with van der Waals surface area (Å²) >= 11 is 0. The van der Waals surface area contributed by atoms with Crippen LogP contribution in [0.5, 0.6) is 0 Å². The first-order valence-corrected chi connectivity index (χ1v) is 8.06. The minimum atomic E-state index is -0.919. The van der Waals surface area contributed by atoms with Gasteiger partial charge in [0.05, 0.1) is 23.2 Å². The molecule has 1 rings (SSSR count). The lowest BCUT2D eigenvalue weighted by atomic mass is 10.2. The Balaban J connectivity index is 0. The first-order valence-electron chi connectivity index (χ1n) is 6.74. The molecule has 0 radical (unpaired) electrons. The molecule has 0 saturated carbocycles. The summed E-state index contributed by atoms with van der Waals surface area (Å²) in [7, 11) is 0.704. The maximum Gasteiger partial charge on any atom is 0.0581 e. The molecule has 0 N–H and O–H groups in total. The summed E-state index contributed by atoms with van der Waals surface area (Å²) < 4.78 is 16.5. The van der Waals surface area contributed by atoms with Gasteiger partial charge in [0.15, 0.2) is 0 Å². The van der Waals surface area contributed by atoms with Crippen molar-refractivity contribution >= 4 is 10.8 Å². The summed E-state index contributed by atoms with van der Waals surface area (Å²) in [6.07, 6.45) is 1.02. The highest BCUT2D eigenvalue weighted by atomic mass is 32.2. The molecule has 0 saturated heterocycles. The second kappa shape index (κ2) is 14.4. The van der Waals surface area contributed by atoms with Gasteiger partial charge in [0.2, 0.25) is 0 Å². The fourth-order valence-corrected chi connectivity index (χ4v) is 2.15. The molecule has 0 spiro atoms. The van der Waals surface area contributed by atoms with E-state index in [4.69, 9.17) is 4.74 Å². The molecule has 0 amide bonds. The van der Waals surface area contributed by atoms with Gasteiger partial charge in [0, 0.05) is 12.0 Å². The Morgan fingerprint density at radius 2 is 1.56 bits per heavy atom. The molecule has 0 heterocycles. The van der Waals surface area contributed by atoms with Gasteiger partial charge < -0.3 is 4.74 Å². The molecule has 106 valence electrons. The second-order valence-electron chi connectivity index (χ2n) is 3.04. The summed E-state index contributed by atoms with van der Waals surface area (Å²) in [5.74, 6) is 0.571. The van der Waals surface area contributed by atoms with Crippen molar-refractivity contribution in [1.29, 1.82) is 0 Å². The van der Waals surface area contributed by atoms with Crippen molar-refractivity contribution in [3.05, 3.63) is 29.8 Å². The number of aryl methyl sites for hydroxylation is 1. The lowest BCUT2D eigenvalue weighted by Gasteiger charge is -2.02. The third-order valence-corrected chi connectivity index (χ3v) is 3.40. The minimum Gasteiger partial charge on any atom is -0.384 e. The number of rotatable bonds is 5. The van der Waals surface area contributed by atoms with Crippen molar-refractivity contribution in [2.45, 2.75) is 45.9 Å². The summed E-state index contributed by atoms with van der Waals surface area (Å²) in [6, 6.07) is 7.93. The van der Waals surface area contributed by atoms with Gasteiger partial charge in [0.25, 0.3) is 0 Å². The number of hydrogen-bond acceptors (Lipinski definition) is 2. The Morgan fingerprint density at radius 3 is 1.94 bits per heavy atom. The van der Waals surface area contributed by atoms with Crippen LogP contribution >= 0.6 is 0 Å². The van der Waals surface area contributed by atoms with E-state index in [2.05, 4.69) is 6.92 Å². The van der Waals surface area contributed by atoms with Crippen LogP contribution in [-0.4, -0.2) is 23.7 Å². The van der Waals surface area contributed by atoms with Crippen LogP contribution in [0.4, 0.5) is 0 Å². The van der Waals surface area contributed by atoms with Gasteiger partial charge in [-0.1, -0.05) is 46.8 Å². The topological polar surface area (TPSA) is 26.3 Å². The smallest absolute Gasteiger partial charge is 0.0581 e. The monoisotopic (exact) mass is 272 g/mol. The quantitative estimate of drug-likeness (QED) is 0.808. The van der Waals surface area contributed by atoms with Crippen LogP contribution in [0.25, 0.3) is 0 Å². The van der Waals surface area contributed by atoms with Crippen molar-refractivity contribution in [2.75, 3.05) is 19.5 Å². The Morgan fingerprint density at radius 1 is 1.06 bits per heavy atom. The van der Waals surface area contributed by atoms with Crippen LogP contribution in [0.2, 0.25) is 0 Å². The number of methoxy groups -OCH3 is 1. The number of hydrogen-bond donors (Lipinski definition) is 0. The molecule has 0 aliphatic heterocycles. The normalized spacial score (nSPS) is 10.6. The molecule has 0 aliphatic rings. The molecule has 0 bridgehead atoms. The lowest BCUT2D eigenvalue weighted by molar-refractivity contribution is 0.218. The molecule has 1 aromatic carbocycles. The largest absolute Gasteiger partial charge is 0.384 e. The van der Waals surface area contributed by atoms with Crippen molar-refractivity contribution in [3.63, 3.8) is 0 Å². The van der Waals surface area contributed by atoms with E-state index in [1.54, 1.807) is 7.11 Å². The van der Waals surface area contributed by atoms with Crippen LogP contribution in [0.15, 0.2) is 29.2 Å². The van der Waals surface area contributed by atoms with E-state index in [9.17, 15) is 4.21 Å². The zero-order chi connectivity index (χ0) is 14.4.